The van der Waals surface area contributed by atoms with Gasteiger partial charge in [-0.25, -0.2) is 4.98 Å². The third-order valence-electron chi connectivity index (χ3n) is 6.05. The Balaban J connectivity index is 1.58. The predicted molar refractivity (Wildman–Crippen MR) is 136 cm³/mol. The number of thioether (sulfide) groups is 1. The lowest BCUT2D eigenvalue weighted by Gasteiger charge is -2.26. The van der Waals surface area contributed by atoms with Crippen molar-refractivity contribution < 1.29 is 13.9 Å². The van der Waals surface area contributed by atoms with Gasteiger partial charge in [-0.1, -0.05) is 29.8 Å². The van der Waals surface area contributed by atoms with Crippen molar-refractivity contribution in [1.82, 2.24) is 9.88 Å². The van der Waals surface area contributed by atoms with Crippen LogP contribution in [0, 0.1) is 0 Å². The highest BCUT2D eigenvalue weighted by molar-refractivity contribution is 7.98. The fourth-order valence-electron chi connectivity index (χ4n) is 4.31. The van der Waals surface area contributed by atoms with Crippen molar-refractivity contribution >= 4 is 40.2 Å². The molecular weight excluding hydrogens is 468 g/mol. The lowest BCUT2D eigenvalue weighted by Crippen LogP contribution is -2.37. The zero-order valence-electron chi connectivity index (χ0n) is 18.9. The fraction of sp³-hybridized carbons (Fsp3) is 0.259. The van der Waals surface area contributed by atoms with E-state index in [1.165, 1.54) is 6.26 Å². The molecule has 2 aromatic carbocycles. The van der Waals surface area contributed by atoms with Crippen LogP contribution in [0.1, 0.15) is 29.0 Å². The van der Waals surface area contributed by atoms with Crippen molar-refractivity contribution in [2.45, 2.75) is 30.4 Å². The normalized spacial score (nSPS) is 15.6. The highest BCUT2D eigenvalue weighted by Gasteiger charge is 2.26. The summed E-state index contributed by atoms with van der Waals surface area (Å²) in [5.74, 6) is 0.171. The smallest absolute Gasteiger partial charge is 0.289 e. The first-order valence-corrected chi connectivity index (χ1v) is 12.9. The molecule has 1 amide bonds. The number of carbonyl (C=O) groups is 1. The van der Waals surface area contributed by atoms with Crippen LogP contribution in [0.3, 0.4) is 0 Å². The van der Waals surface area contributed by atoms with E-state index in [0.29, 0.717) is 23.9 Å². The standard InChI is InChI=1S/C27H25ClN2O3S/c1-34-23-11-8-19-14-20(26(29-24(19)15-23)18-6-9-21(28)10-7-18)16-30(17-22-4-2-12-32-22)27(31)25-5-3-13-33-25/h3,5-11,13-15,22H,2,4,12,16-17H2,1H3/t22-/m0/s1. The number of amides is 1. The maximum absolute atomic E-state index is 13.4. The summed E-state index contributed by atoms with van der Waals surface area (Å²) in [4.78, 5) is 21.4. The molecule has 0 aliphatic carbocycles. The van der Waals surface area contributed by atoms with E-state index in [0.717, 1.165) is 52.1 Å². The molecule has 1 aliphatic heterocycles. The van der Waals surface area contributed by atoms with E-state index in [1.54, 1.807) is 23.9 Å². The second kappa shape index (κ2) is 10.2. The SMILES string of the molecule is CSc1ccc2cc(CN(C[C@@H]3CCCO3)C(=O)c3ccco3)c(-c3ccc(Cl)cc3)nc2c1. The number of halogens is 1. The molecule has 2 aromatic heterocycles. The Morgan fingerprint density at radius 2 is 2.03 bits per heavy atom. The number of ether oxygens (including phenoxy) is 1. The van der Waals surface area contributed by atoms with Crippen molar-refractivity contribution in [2.75, 3.05) is 19.4 Å². The maximum atomic E-state index is 13.4. The highest BCUT2D eigenvalue weighted by Crippen LogP contribution is 2.30. The second-order valence-electron chi connectivity index (χ2n) is 8.36. The van der Waals surface area contributed by atoms with Crippen LogP contribution in [0.2, 0.25) is 5.02 Å². The molecule has 1 aliphatic rings. The first-order chi connectivity index (χ1) is 16.6. The largest absolute Gasteiger partial charge is 0.459 e. The lowest BCUT2D eigenvalue weighted by molar-refractivity contribution is 0.0484. The number of pyridine rings is 1. The second-order valence-corrected chi connectivity index (χ2v) is 9.68. The topological polar surface area (TPSA) is 55.6 Å². The lowest BCUT2D eigenvalue weighted by atomic mass is 10.0. The summed E-state index contributed by atoms with van der Waals surface area (Å²) in [7, 11) is 0. The van der Waals surface area contributed by atoms with Gasteiger partial charge in [-0.15, -0.1) is 11.8 Å². The van der Waals surface area contributed by atoms with Crippen molar-refractivity contribution in [2.24, 2.45) is 0 Å². The minimum Gasteiger partial charge on any atom is -0.459 e. The van der Waals surface area contributed by atoms with Crippen molar-refractivity contribution in [3.8, 4) is 11.3 Å². The summed E-state index contributed by atoms with van der Waals surface area (Å²) in [6.07, 6.45) is 5.56. The minimum absolute atomic E-state index is 0.0236. The zero-order chi connectivity index (χ0) is 23.5. The molecular formula is C27H25ClN2O3S. The number of furan rings is 1. The molecule has 3 heterocycles. The van der Waals surface area contributed by atoms with Crippen molar-refractivity contribution in [3.05, 3.63) is 83.3 Å². The molecule has 1 fully saturated rings. The average Bonchev–Trinajstić information content (AvgIpc) is 3.58. The van der Waals surface area contributed by atoms with Crippen LogP contribution in [-0.4, -0.2) is 41.3 Å². The van der Waals surface area contributed by atoms with Crippen LogP contribution in [-0.2, 0) is 11.3 Å². The van der Waals surface area contributed by atoms with Gasteiger partial charge < -0.3 is 14.1 Å². The van der Waals surface area contributed by atoms with Gasteiger partial charge in [0.15, 0.2) is 5.76 Å². The van der Waals surface area contributed by atoms with Gasteiger partial charge in [0, 0.05) is 40.6 Å². The molecule has 0 radical (unpaired) electrons. The number of rotatable bonds is 7. The van der Waals surface area contributed by atoms with Gasteiger partial charge in [0.1, 0.15) is 0 Å². The minimum atomic E-state index is -0.152. The van der Waals surface area contributed by atoms with Gasteiger partial charge in [-0.05, 0) is 67.1 Å². The van der Waals surface area contributed by atoms with Gasteiger partial charge in [0.2, 0.25) is 0 Å². The van der Waals surface area contributed by atoms with E-state index in [2.05, 4.69) is 30.5 Å². The van der Waals surface area contributed by atoms with Crippen LogP contribution < -0.4 is 0 Å². The van der Waals surface area contributed by atoms with E-state index in [9.17, 15) is 4.79 Å². The molecule has 0 unspecified atom stereocenters. The summed E-state index contributed by atoms with van der Waals surface area (Å²) in [6.45, 7) is 1.63. The van der Waals surface area contributed by atoms with E-state index < -0.39 is 0 Å². The van der Waals surface area contributed by atoms with E-state index in [-0.39, 0.29) is 12.0 Å². The Hall–Kier alpha value is -2.80. The molecule has 0 spiro atoms. The van der Waals surface area contributed by atoms with Gasteiger partial charge in [0.05, 0.1) is 23.6 Å². The fourth-order valence-corrected chi connectivity index (χ4v) is 4.87. The van der Waals surface area contributed by atoms with Gasteiger partial charge >= 0.3 is 0 Å². The Morgan fingerprint density at radius 3 is 2.74 bits per heavy atom. The first kappa shape index (κ1) is 23.0. The molecule has 1 saturated heterocycles. The van der Waals surface area contributed by atoms with Crippen LogP contribution in [0.15, 0.2) is 76.2 Å². The van der Waals surface area contributed by atoms with Crippen LogP contribution in [0.25, 0.3) is 22.2 Å². The molecule has 174 valence electrons. The van der Waals surface area contributed by atoms with Crippen LogP contribution in [0.4, 0.5) is 0 Å². The Morgan fingerprint density at radius 1 is 1.18 bits per heavy atom. The monoisotopic (exact) mass is 492 g/mol. The third kappa shape index (κ3) is 4.99. The van der Waals surface area contributed by atoms with Crippen molar-refractivity contribution in [1.29, 1.82) is 0 Å². The Kier molecular flexibility index (Phi) is 6.90. The van der Waals surface area contributed by atoms with E-state index in [1.807, 2.05) is 29.2 Å². The number of hydrogen-bond donors (Lipinski definition) is 0. The number of hydrogen-bond acceptors (Lipinski definition) is 5. The molecule has 34 heavy (non-hydrogen) atoms. The van der Waals surface area contributed by atoms with Gasteiger partial charge in [-0.2, -0.15) is 0 Å². The number of fused-ring (bicyclic) bond motifs is 1. The van der Waals surface area contributed by atoms with E-state index >= 15 is 0 Å². The quantitative estimate of drug-likeness (QED) is 0.269. The van der Waals surface area contributed by atoms with Gasteiger partial charge in [0.25, 0.3) is 5.91 Å². The molecule has 0 saturated carbocycles. The summed E-state index contributed by atoms with van der Waals surface area (Å²) in [6, 6.07) is 19.5. The average molecular weight is 493 g/mol. The summed E-state index contributed by atoms with van der Waals surface area (Å²) >= 11 is 7.84. The molecule has 1 atom stereocenters. The zero-order valence-corrected chi connectivity index (χ0v) is 20.4. The molecule has 4 aromatic rings. The molecule has 5 rings (SSSR count). The number of aromatic nitrogens is 1. The van der Waals surface area contributed by atoms with Crippen molar-refractivity contribution in [3.63, 3.8) is 0 Å². The maximum Gasteiger partial charge on any atom is 0.289 e. The summed E-state index contributed by atoms with van der Waals surface area (Å²) in [5, 5.41) is 1.71. The molecule has 7 heteroatoms. The summed E-state index contributed by atoms with van der Waals surface area (Å²) in [5.41, 5.74) is 3.68. The number of nitrogens with zero attached hydrogens (tertiary/aromatic N) is 2. The predicted octanol–water partition coefficient (Wildman–Crippen LogP) is 6.69. The number of carbonyl (C=O) groups excluding carboxylic acids is 1. The van der Waals surface area contributed by atoms with E-state index in [4.69, 9.17) is 25.7 Å². The Bertz CT molecular complexity index is 1290. The molecule has 0 bridgehead atoms. The van der Waals surface area contributed by atoms with Crippen LogP contribution in [0.5, 0.6) is 0 Å². The first-order valence-electron chi connectivity index (χ1n) is 11.3. The molecule has 5 nitrogen and oxygen atoms in total. The third-order valence-corrected chi connectivity index (χ3v) is 7.03. The Labute approximate surface area is 208 Å². The van der Waals surface area contributed by atoms with Gasteiger partial charge in [-0.3, -0.25) is 4.79 Å². The molecule has 0 N–H and O–H groups in total. The number of benzene rings is 2. The summed E-state index contributed by atoms with van der Waals surface area (Å²) < 4.78 is 11.3. The van der Waals surface area contributed by atoms with Crippen LogP contribution >= 0.6 is 23.4 Å². The highest BCUT2D eigenvalue weighted by atomic mass is 35.5.